The van der Waals surface area contributed by atoms with Crippen LogP contribution in [-0.2, 0) is 0 Å². The number of anilines is 1. The van der Waals surface area contributed by atoms with Crippen molar-refractivity contribution in [3.63, 3.8) is 0 Å². The zero-order valence-electron chi connectivity index (χ0n) is 9.74. The summed E-state index contributed by atoms with van der Waals surface area (Å²) < 4.78 is 5.42. The highest BCUT2D eigenvalue weighted by molar-refractivity contribution is 6.18. The third-order valence-corrected chi connectivity index (χ3v) is 2.50. The number of nitrogens with one attached hydrogen (secondary N) is 1. The monoisotopic (exact) mass is 243 g/mol. The van der Waals surface area contributed by atoms with Crippen molar-refractivity contribution in [2.45, 2.75) is 32.7 Å². The number of hydrogen-bond acceptors (Lipinski definition) is 4. The van der Waals surface area contributed by atoms with Gasteiger partial charge in [-0.25, -0.2) is 9.97 Å². The zero-order valence-corrected chi connectivity index (χ0v) is 10.5. The number of aromatic nitrogens is 2. The summed E-state index contributed by atoms with van der Waals surface area (Å²) in [5.41, 5.74) is 0. The minimum atomic E-state index is 0.232. The Kier molecular flexibility index (Phi) is 5.93. The van der Waals surface area contributed by atoms with Gasteiger partial charge in [-0.2, -0.15) is 0 Å². The highest BCUT2D eigenvalue weighted by Crippen LogP contribution is 2.13. The van der Waals surface area contributed by atoms with Crippen LogP contribution in [0.25, 0.3) is 0 Å². The van der Waals surface area contributed by atoms with E-state index < -0.39 is 0 Å². The number of nitrogens with zero attached hydrogens (tertiary/aromatic N) is 2. The molecule has 1 atom stereocenters. The topological polar surface area (TPSA) is 47.0 Å². The average molecular weight is 244 g/mol. The molecule has 1 unspecified atom stereocenters. The van der Waals surface area contributed by atoms with E-state index in [0.29, 0.717) is 18.4 Å². The van der Waals surface area contributed by atoms with Crippen molar-refractivity contribution in [1.82, 2.24) is 9.97 Å². The second kappa shape index (κ2) is 7.28. The molecule has 1 heterocycles. The van der Waals surface area contributed by atoms with Crippen LogP contribution >= 0.6 is 11.6 Å². The fraction of sp³-hybridized carbons (Fsp3) is 0.636. The number of halogens is 1. The summed E-state index contributed by atoms with van der Waals surface area (Å²) in [6, 6.07) is 2.03. The van der Waals surface area contributed by atoms with Crippen LogP contribution in [0.2, 0.25) is 0 Å². The minimum Gasteiger partial charge on any atom is -0.478 e. The first-order valence-corrected chi connectivity index (χ1v) is 6.10. The maximum atomic E-state index is 5.80. The van der Waals surface area contributed by atoms with Crippen LogP contribution in [-0.4, -0.2) is 28.5 Å². The number of alkyl halides is 1. The van der Waals surface area contributed by atoms with Crippen molar-refractivity contribution in [2.24, 2.45) is 0 Å². The second-order valence-electron chi connectivity index (χ2n) is 3.49. The molecule has 90 valence electrons. The van der Waals surface area contributed by atoms with E-state index in [1.165, 1.54) is 6.33 Å². The Hall–Kier alpha value is -1.03. The highest BCUT2D eigenvalue weighted by Gasteiger charge is 2.06. The molecule has 0 fully saturated rings. The normalized spacial score (nSPS) is 12.2. The fourth-order valence-corrected chi connectivity index (χ4v) is 1.46. The lowest BCUT2D eigenvalue weighted by Gasteiger charge is -2.14. The smallest absolute Gasteiger partial charge is 0.218 e. The molecule has 0 aliphatic rings. The maximum Gasteiger partial charge on any atom is 0.218 e. The van der Waals surface area contributed by atoms with Gasteiger partial charge in [0.25, 0.3) is 0 Å². The molecule has 5 heteroatoms. The molecular formula is C11H18ClN3O. The third-order valence-electron chi connectivity index (χ3n) is 2.13. The molecule has 0 aromatic carbocycles. The first-order chi connectivity index (χ1) is 7.80. The molecule has 0 aliphatic heterocycles. The van der Waals surface area contributed by atoms with Gasteiger partial charge in [0.15, 0.2) is 0 Å². The molecule has 1 aromatic heterocycles. The fourth-order valence-electron chi connectivity index (χ4n) is 1.16. The molecule has 0 bridgehead atoms. The zero-order chi connectivity index (χ0) is 11.8. The Morgan fingerprint density at radius 2 is 2.25 bits per heavy atom. The van der Waals surface area contributed by atoms with Gasteiger partial charge in [0.2, 0.25) is 5.88 Å². The molecule has 1 aromatic rings. The second-order valence-corrected chi connectivity index (χ2v) is 3.80. The van der Waals surface area contributed by atoms with Crippen molar-refractivity contribution in [2.75, 3.05) is 17.8 Å². The predicted molar refractivity (Wildman–Crippen MR) is 66.2 cm³/mol. The van der Waals surface area contributed by atoms with Crippen molar-refractivity contribution in [3.05, 3.63) is 12.4 Å². The van der Waals surface area contributed by atoms with E-state index in [-0.39, 0.29) is 6.04 Å². The SMILES string of the molecule is CCCOc1cc(NC(CC)CCl)ncn1. The summed E-state index contributed by atoms with van der Waals surface area (Å²) in [6.45, 7) is 4.81. The summed E-state index contributed by atoms with van der Waals surface area (Å²) in [5, 5.41) is 3.23. The van der Waals surface area contributed by atoms with Gasteiger partial charge in [0.1, 0.15) is 12.1 Å². The summed E-state index contributed by atoms with van der Waals surface area (Å²) in [7, 11) is 0. The Labute approximate surface area is 101 Å². The highest BCUT2D eigenvalue weighted by atomic mass is 35.5. The first-order valence-electron chi connectivity index (χ1n) is 5.57. The van der Waals surface area contributed by atoms with Crippen molar-refractivity contribution < 1.29 is 4.74 Å². The molecule has 1 rings (SSSR count). The van der Waals surface area contributed by atoms with Crippen molar-refractivity contribution in [1.29, 1.82) is 0 Å². The average Bonchev–Trinajstić information content (AvgIpc) is 2.34. The van der Waals surface area contributed by atoms with Gasteiger partial charge in [-0.05, 0) is 12.8 Å². The maximum absolute atomic E-state index is 5.80. The largest absolute Gasteiger partial charge is 0.478 e. The van der Waals surface area contributed by atoms with Crippen LogP contribution in [0.5, 0.6) is 5.88 Å². The summed E-state index contributed by atoms with van der Waals surface area (Å²) in [4.78, 5) is 8.15. The Morgan fingerprint density at radius 3 is 2.88 bits per heavy atom. The Morgan fingerprint density at radius 1 is 1.44 bits per heavy atom. The van der Waals surface area contributed by atoms with Crippen LogP contribution in [0.3, 0.4) is 0 Å². The molecule has 1 N–H and O–H groups in total. The number of hydrogen-bond donors (Lipinski definition) is 1. The van der Waals surface area contributed by atoms with Crippen LogP contribution in [0, 0.1) is 0 Å². The van der Waals surface area contributed by atoms with Gasteiger partial charge < -0.3 is 10.1 Å². The molecule has 16 heavy (non-hydrogen) atoms. The molecule has 0 radical (unpaired) electrons. The third kappa shape index (κ3) is 4.23. The molecule has 0 saturated carbocycles. The van der Waals surface area contributed by atoms with Crippen LogP contribution in [0.1, 0.15) is 26.7 Å². The predicted octanol–water partition coefficient (Wildman–Crippen LogP) is 2.69. The molecule has 0 spiro atoms. The lowest BCUT2D eigenvalue weighted by atomic mass is 10.2. The first kappa shape index (κ1) is 13.0. The lowest BCUT2D eigenvalue weighted by Crippen LogP contribution is -2.20. The minimum absolute atomic E-state index is 0.232. The van der Waals surface area contributed by atoms with Gasteiger partial charge in [-0.1, -0.05) is 13.8 Å². The molecule has 0 saturated heterocycles. The van der Waals surface area contributed by atoms with E-state index in [1.807, 2.05) is 0 Å². The van der Waals surface area contributed by atoms with Gasteiger partial charge in [0, 0.05) is 18.0 Å². The van der Waals surface area contributed by atoms with Gasteiger partial charge in [-0.15, -0.1) is 11.6 Å². The summed E-state index contributed by atoms with van der Waals surface area (Å²) in [6.07, 6.45) is 3.42. The van der Waals surface area contributed by atoms with Gasteiger partial charge in [0.05, 0.1) is 6.61 Å². The summed E-state index contributed by atoms with van der Waals surface area (Å²) in [5.74, 6) is 1.92. The van der Waals surface area contributed by atoms with E-state index in [4.69, 9.17) is 16.3 Å². The van der Waals surface area contributed by atoms with Crippen LogP contribution in [0.15, 0.2) is 12.4 Å². The Balaban J connectivity index is 2.59. The van der Waals surface area contributed by atoms with Gasteiger partial charge in [-0.3, -0.25) is 0 Å². The molecule has 0 amide bonds. The van der Waals surface area contributed by atoms with Crippen molar-refractivity contribution in [3.8, 4) is 5.88 Å². The van der Waals surface area contributed by atoms with E-state index >= 15 is 0 Å². The number of rotatable bonds is 7. The van der Waals surface area contributed by atoms with Crippen LogP contribution in [0.4, 0.5) is 5.82 Å². The quantitative estimate of drug-likeness (QED) is 0.748. The Bertz CT molecular complexity index is 305. The lowest BCUT2D eigenvalue weighted by molar-refractivity contribution is 0.305. The van der Waals surface area contributed by atoms with E-state index in [2.05, 4.69) is 29.1 Å². The van der Waals surface area contributed by atoms with E-state index in [9.17, 15) is 0 Å². The standard InChI is InChI=1S/C11H18ClN3O/c1-3-5-16-11-6-10(13-8-14-11)15-9(4-2)7-12/h6,8-9H,3-5,7H2,1-2H3,(H,13,14,15). The van der Waals surface area contributed by atoms with Crippen molar-refractivity contribution >= 4 is 17.4 Å². The number of ether oxygens (including phenoxy) is 1. The van der Waals surface area contributed by atoms with E-state index in [0.717, 1.165) is 18.7 Å². The summed E-state index contributed by atoms with van der Waals surface area (Å²) >= 11 is 5.80. The van der Waals surface area contributed by atoms with Crippen LogP contribution < -0.4 is 10.1 Å². The van der Waals surface area contributed by atoms with E-state index in [1.54, 1.807) is 6.07 Å². The molecule has 0 aliphatic carbocycles. The molecular weight excluding hydrogens is 226 g/mol. The van der Waals surface area contributed by atoms with Gasteiger partial charge >= 0.3 is 0 Å². The molecule has 4 nitrogen and oxygen atoms in total.